The zero-order chi connectivity index (χ0) is 21.0. The molecule has 0 radical (unpaired) electrons. The summed E-state index contributed by atoms with van der Waals surface area (Å²) in [5, 5.41) is 0. The largest absolute Gasteiger partial charge is 0.338 e. The molecule has 150 valence electrons. The Bertz CT molecular complexity index is 1450. The fraction of sp³-hybridized carbons (Fsp3) is 0.0909. The Hall–Kier alpha value is -3.49. The first-order valence-electron chi connectivity index (χ1n) is 9.32. The molecule has 3 N–H and O–H groups in total. The molecule has 3 aromatic carbocycles. The average Bonchev–Trinajstić information content (AvgIpc) is 3.30. The van der Waals surface area contributed by atoms with Gasteiger partial charge in [-0.1, -0.05) is 12.1 Å². The maximum Gasteiger partial charge on any atom is 0.294 e. The summed E-state index contributed by atoms with van der Waals surface area (Å²) in [4.78, 5) is 15.4. The first kappa shape index (κ1) is 18.5. The smallest absolute Gasteiger partial charge is 0.294 e. The molecule has 0 fully saturated rings. The lowest BCUT2D eigenvalue weighted by Crippen LogP contribution is -1.99. The van der Waals surface area contributed by atoms with Gasteiger partial charge < -0.3 is 9.97 Å². The summed E-state index contributed by atoms with van der Waals surface area (Å²) in [6.07, 6.45) is 0. The molecule has 30 heavy (non-hydrogen) atoms. The highest BCUT2D eigenvalue weighted by atomic mass is 32.2. The number of fused-ring (bicyclic) bond motifs is 2. The van der Waals surface area contributed by atoms with E-state index in [9.17, 15) is 13.0 Å². The third-order valence-corrected chi connectivity index (χ3v) is 5.86. The van der Waals surface area contributed by atoms with E-state index in [1.54, 1.807) is 6.07 Å². The molecule has 2 aromatic heterocycles. The van der Waals surface area contributed by atoms with Crippen LogP contribution in [0.1, 0.15) is 11.1 Å². The van der Waals surface area contributed by atoms with Gasteiger partial charge in [-0.25, -0.2) is 9.97 Å². The van der Waals surface area contributed by atoms with Gasteiger partial charge in [0.05, 0.1) is 27.0 Å². The Morgan fingerprint density at radius 3 is 1.63 bits per heavy atom. The fourth-order valence-corrected chi connectivity index (χ4v) is 4.08. The molecule has 2 heterocycles. The molecule has 7 nitrogen and oxygen atoms in total. The van der Waals surface area contributed by atoms with Crippen molar-refractivity contribution in [2.24, 2.45) is 0 Å². The van der Waals surface area contributed by atoms with Crippen molar-refractivity contribution in [2.75, 3.05) is 0 Å². The van der Waals surface area contributed by atoms with Crippen molar-refractivity contribution >= 4 is 32.2 Å². The van der Waals surface area contributed by atoms with Crippen molar-refractivity contribution in [3.05, 3.63) is 65.7 Å². The van der Waals surface area contributed by atoms with Gasteiger partial charge in [-0.2, -0.15) is 8.42 Å². The van der Waals surface area contributed by atoms with E-state index in [1.165, 1.54) is 12.1 Å². The maximum absolute atomic E-state index is 11.9. The molecule has 0 saturated heterocycles. The number of aromatic amines is 2. The number of rotatable bonds is 3. The van der Waals surface area contributed by atoms with Crippen LogP contribution in [0.25, 0.3) is 44.8 Å². The van der Waals surface area contributed by atoms with Crippen molar-refractivity contribution in [2.45, 2.75) is 18.7 Å². The van der Waals surface area contributed by atoms with E-state index >= 15 is 0 Å². The van der Waals surface area contributed by atoms with E-state index in [0.717, 1.165) is 33.2 Å². The second-order valence-corrected chi connectivity index (χ2v) is 8.85. The van der Waals surface area contributed by atoms with Crippen molar-refractivity contribution in [1.29, 1.82) is 0 Å². The van der Waals surface area contributed by atoms with E-state index in [-0.39, 0.29) is 4.90 Å². The van der Waals surface area contributed by atoms with Gasteiger partial charge in [-0.3, -0.25) is 4.55 Å². The number of hydrogen-bond donors (Lipinski definition) is 3. The van der Waals surface area contributed by atoms with Crippen molar-refractivity contribution in [1.82, 2.24) is 19.9 Å². The first-order valence-corrected chi connectivity index (χ1v) is 10.8. The second-order valence-electron chi connectivity index (χ2n) is 7.43. The number of hydrogen-bond acceptors (Lipinski definition) is 4. The minimum Gasteiger partial charge on any atom is -0.338 e. The number of nitrogens with one attached hydrogen (secondary N) is 2. The van der Waals surface area contributed by atoms with Crippen molar-refractivity contribution in [3.8, 4) is 22.8 Å². The lowest BCUT2D eigenvalue weighted by molar-refractivity contribution is 0.483. The highest BCUT2D eigenvalue weighted by molar-refractivity contribution is 7.85. The number of imidazole rings is 2. The number of aryl methyl sites for hydroxylation is 2. The van der Waals surface area contributed by atoms with Crippen LogP contribution in [0.2, 0.25) is 0 Å². The van der Waals surface area contributed by atoms with Crippen molar-refractivity contribution in [3.63, 3.8) is 0 Å². The van der Waals surface area contributed by atoms with Gasteiger partial charge in [-0.05, 0) is 67.4 Å². The summed E-state index contributed by atoms with van der Waals surface area (Å²) in [5.41, 5.74) is 6.46. The van der Waals surface area contributed by atoms with Crippen LogP contribution in [0.15, 0.2) is 59.5 Å². The topological polar surface area (TPSA) is 112 Å². The molecule has 5 rings (SSSR count). The van der Waals surface area contributed by atoms with E-state index in [2.05, 4.69) is 19.9 Å². The van der Waals surface area contributed by atoms with Crippen LogP contribution >= 0.6 is 0 Å². The number of benzene rings is 3. The van der Waals surface area contributed by atoms with Crippen LogP contribution < -0.4 is 0 Å². The number of H-pyrrole nitrogens is 2. The highest BCUT2D eigenvalue weighted by Crippen LogP contribution is 2.30. The molecule has 0 aliphatic rings. The third-order valence-electron chi connectivity index (χ3n) is 5.03. The summed E-state index contributed by atoms with van der Waals surface area (Å²) in [6.45, 7) is 3.96. The summed E-state index contributed by atoms with van der Waals surface area (Å²) in [6, 6.07) is 16.3. The molecule has 0 aliphatic carbocycles. The molecule has 0 amide bonds. The van der Waals surface area contributed by atoms with Crippen LogP contribution in [-0.4, -0.2) is 32.9 Å². The summed E-state index contributed by atoms with van der Waals surface area (Å²) in [7, 11) is -4.42. The highest BCUT2D eigenvalue weighted by Gasteiger charge is 2.17. The average molecular weight is 418 g/mol. The van der Waals surface area contributed by atoms with Gasteiger partial charge in [0, 0.05) is 11.1 Å². The molecule has 5 aromatic rings. The first-order chi connectivity index (χ1) is 14.3. The number of nitrogens with zero attached hydrogens (tertiary/aromatic N) is 2. The summed E-state index contributed by atoms with van der Waals surface area (Å²) >= 11 is 0. The van der Waals surface area contributed by atoms with E-state index < -0.39 is 10.1 Å². The third kappa shape index (κ3) is 3.26. The van der Waals surface area contributed by atoms with Gasteiger partial charge in [0.1, 0.15) is 11.6 Å². The van der Waals surface area contributed by atoms with Crippen LogP contribution in [0.3, 0.4) is 0 Å². The Morgan fingerprint density at radius 2 is 1.20 bits per heavy atom. The standard InChI is InChI=1S/C22H18N4O3S/c1-12-3-5-17-19(7-12)25-21(23-17)14-9-15(11-16(10-14)30(27,28)29)22-24-18-6-4-13(2)8-20(18)26-22/h3-11H,1-2H3,(H,23,25)(H,24,26)(H,27,28,29). The van der Waals surface area contributed by atoms with Gasteiger partial charge in [0.2, 0.25) is 0 Å². The summed E-state index contributed by atoms with van der Waals surface area (Å²) in [5.74, 6) is 1.02. The molecular weight excluding hydrogens is 400 g/mol. The lowest BCUT2D eigenvalue weighted by Gasteiger charge is -2.05. The lowest BCUT2D eigenvalue weighted by atomic mass is 10.1. The Balaban J connectivity index is 1.72. The Labute approximate surface area is 172 Å². The summed E-state index contributed by atoms with van der Waals surface area (Å²) < 4.78 is 33.6. The number of aromatic nitrogens is 4. The SMILES string of the molecule is Cc1ccc2[nH]c(-c3cc(-c4nc5cc(C)ccc5[nH]4)cc(S(=O)(=O)O)c3)nc2c1. The van der Waals surface area contributed by atoms with E-state index in [4.69, 9.17) is 0 Å². The molecule has 8 heteroatoms. The predicted molar refractivity (Wildman–Crippen MR) is 116 cm³/mol. The zero-order valence-corrected chi connectivity index (χ0v) is 17.1. The van der Waals surface area contributed by atoms with Crippen molar-refractivity contribution < 1.29 is 13.0 Å². The van der Waals surface area contributed by atoms with Crippen LogP contribution in [-0.2, 0) is 10.1 Å². The van der Waals surface area contributed by atoms with Gasteiger partial charge >= 0.3 is 0 Å². The molecule has 0 atom stereocenters. The van der Waals surface area contributed by atoms with Gasteiger partial charge in [0.15, 0.2) is 0 Å². The van der Waals surface area contributed by atoms with Crippen LogP contribution in [0.5, 0.6) is 0 Å². The van der Waals surface area contributed by atoms with E-state index in [1.807, 2.05) is 50.2 Å². The van der Waals surface area contributed by atoms with Gasteiger partial charge in [-0.15, -0.1) is 0 Å². The second kappa shape index (κ2) is 6.51. The predicted octanol–water partition coefficient (Wildman–Crippen LogP) is 4.64. The molecule has 0 bridgehead atoms. The zero-order valence-electron chi connectivity index (χ0n) is 16.3. The van der Waals surface area contributed by atoms with E-state index in [0.29, 0.717) is 22.8 Å². The fourth-order valence-electron chi connectivity index (χ4n) is 3.53. The molecule has 0 saturated carbocycles. The Morgan fingerprint density at radius 1 is 0.733 bits per heavy atom. The normalized spacial score (nSPS) is 12.1. The Kier molecular flexibility index (Phi) is 4.02. The quantitative estimate of drug-likeness (QED) is 0.370. The maximum atomic E-state index is 11.9. The molecular formula is C22H18N4O3S. The monoisotopic (exact) mass is 418 g/mol. The minimum atomic E-state index is -4.42. The molecule has 0 unspecified atom stereocenters. The van der Waals surface area contributed by atoms with Gasteiger partial charge in [0.25, 0.3) is 10.1 Å². The minimum absolute atomic E-state index is 0.219. The molecule has 0 aliphatic heterocycles. The molecule has 0 spiro atoms. The van der Waals surface area contributed by atoms with Crippen LogP contribution in [0.4, 0.5) is 0 Å². The van der Waals surface area contributed by atoms with Crippen LogP contribution in [0, 0.1) is 13.8 Å².